The zero-order valence-corrected chi connectivity index (χ0v) is 12.7. The number of nitriles is 1. The van der Waals surface area contributed by atoms with Crippen LogP contribution in [0.1, 0.15) is 5.56 Å². The number of ether oxygens (including phenoxy) is 1. The molecule has 0 bridgehead atoms. The van der Waals surface area contributed by atoms with Gasteiger partial charge in [0.05, 0.1) is 23.9 Å². The summed E-state index contributed by atoms with van der Waals surface area (Å²) in [6.07, 6.45) is 1.58. The summed E-state index contributed by atoms with van der Waals surface area (Å²) in [5.74, 6) is 0.741. The van der Waals surface area contributed by atoms with Crippen LogP contribution in [0.2, 0.25) is 0 Å². The number of rotatable bonds is 3. The minimum absolute atomic E-state index is 0. The maximum Gasteiger partial charge on any atom is 0.121 e. The number of hydrogen-bond donors (Lipinski definition) is 1. The van der Waals surface area contributed by atoms with Crippen molar-refractivity contribution in [3.05, 3.63) is 60.3 Å². The molecule has 0 fully saturated rings. The van der Waals surface area contributed by atoms with Crippen LogP contribution >= 0.6 is 12.4 Å². The molecule has 3 rings (SSSR count). The van der Waals surface area contributed by atoms with Gasteiger partial charge in [-0.1, -0.05) is 18.2 Å². The van der Waals surface area contributed by atoms with Crippen LogP contribution in [0.4, 0.5) is 11.4 Å². The van der Waals surface area contributed by atoms with Crippen molar-refractivity contribution < 1.29 is 4.74 Å². The van der Waals surface area contributed by atoms with E-state index in [1.807, 2.05) is 48.5 Å². The van der Waals surface area contributed by atoms with E-state index in [1.165, 1.54) is 0 Å². The van der Waals surface area contributed by atoms with E-state index in [2.05, 4.69) is 16.4 Å². The Kier molecular flexibility index (Phi) is 4.82. The SMILES string of the molecule is COc1ccc2c(Nc3ccccc3)c(C#N)cnc2c1.Cl. The van der Waals surface area contributed by atoms with Crippen LogP contribution < -0.4 is 10.1 Å². The Morgan fingerprint density at radius 2 is 1.91 bits per heavy atom. The lowest BCUT2D eigenvalue weighted by molar-refractivity contribution is 0.415. The second kappa shape index (κ2) is 6.79. The fraction of sp³-hybridized carbons (Fsp3) is 0.0588. The van der Waals surface area contributed by atoms with Gasteiger partial charge in [-0.15, -0.1) is 12.4 Å². The van der Waals surface area contributed by atoms with Crippen LogP contribution in [-0.4, -0.2) is 12.1 Å². The zero-order chi connectivity index (χ0) is 14.7. The summed E-state index contributed by atoms with van der Waals surface area (Å²) >= 11 is 0. The maximum atomic E-state index is 9.30. The van der Waals surface area contributed by atoms with E-state index in [-0.39, 0.29) is 12.4 Å². The Hall–Kier alpha value is -2.77. The normalized spacial score (nSPS) is 9.64. The van der Waals surface area contributed by atoms with Crippen molar-refractivity contribution in [1.82, 2.24) is 4.98 Å². The number of halogens is 1. The molecule has 110 valence electrons. The lowest BCUT2D eigenvalue weighted by atomic mass is 10.1. The van der Waals surface area contributed by atoms with Crippen molar-refractivity contribution in [2.24, 2.45) is 0 Å². The van der Waals surface area contributed by atoms with Gasteiger partial charge in [-0.25, -0.2) is 0 Å². The number of nitrogens with one attached hydrogen (secondary N) is 1. The number of fused-ring (bicyclic) bond motifs is 1. The van der Waals surface area contributed by atoms with Gasteiger partial charge < -0.3 is 10.1 Å². The van der Waals surface area contributed by atoms with Gasteiger partial charge in [-0.3, -0.25) is 4.98 Å². The second-order valence-corrected chi connectivity index (χ2v) is 4.53. The van der Waals surface area contributed by atoms with Gasteiger partial charge in [-0.05, 0) is 24.3 Å². The van der Waals surface area contributed by atoms with Crippen LogP contribution in [0.3, 0.4) is 0 Å². The van der Waals surface area contributed by atoms with Gasteiger partial charge >= 0.3 is 0 Å². The van der Waals surface area contributed by atoms with Crippen molar-refractivity contribution in [2.45, 2.75) is 0 Å². The van der Waals surface area contributed by atoms with E-state index in [0.717, 1.165) is 28.0 Å². The Balaban J connectivity index is 0.00000176. The number of aromatic nitrogens is 1. The van der Waals surface area contributed by atoms with Crippen molar-refractivity contribution in [1.29, 1.82) is 5.26 Å². The smallest absolute Gasteiger partial charge is 0.121 e. The Labute approximate surface area is 134 Å². The molecule has 0 unspecified atom stereocenters. The largest absolute Gasteiger partial charge is 0.497 e. The molecule has 0 aliphatic heterocycles. The summed E-state index contributed by atoms with van der Waals surface area (Å²) in [6.45, 7) is 0. The zero-order valence-electron chi connectivity index (χ0n) is 11.9. The average molecular weight is 312 g/mol. The number of anilines is 2. The molecule has 3 aromatic rings. The first-order valence-electron chi connectivity index (χ1n) is 6.51. The number of pyridine rings is 1. The first-order valence-corrected chi connectivity index (χ1v) is 6.51. The van der Waals surface area contributed by atoms with Crippen molar-refractivity contribution in [3.8, 4) is 11.8 Å². The highest BCUT2D eigenvalue weighted by molar-refractivity contribution is 5.96. The summed E-state index contributed by atoms with van der Waals surface area (Å²) < 4.78 is 5.21. The summed E-state index contributed by atoms with van der Waals surface area (Å²) in [5.41, 5.74) is 2.98. The molecular weight excluding hydrogens is 298 g/mol. The monoisotopic (exact) mass is 311 g/mol. The summed E-state index contributed by atoms with van der Waals surface area (Å²) in [4.78, 5) is 4.32. The quantitative estimate of drug-likeness (QED) is 0.784. The Morgan fingerprint density at radius 3 is 2.59 bits per heavy atom. The number of methoxy groups -OCH3 is 1. The van der Waals surface area contributed by atoms with Gasteiger partial charge in [0.25, 0.3) is 0 Å². The summed E-state index contributed by atoms with van der Waals surface area (Å²) in [5, 5.41) is 13.5. The summed E-state index contributed by atoms with van der Waals surface area (Å²) in [6, 6.07) is 17.6. The van der Waals surface area contributed by atoms with Crippen LogP contribution in [0, 0.1) is 11.3 Å². The lowest BCUT2D eigenvalue weighted by Crippen LogP contribution is -1.97. The topological polar surface area (TPSA) is 57.9 Å². The number of para-hydroxylation sites is 1. The van der Waals surface area contributed by atoms with Crippen molar-refractivity contribution in [3.63, 3.8) is 0 Å². The number of hydrogen-bond acceptors (Lipinski definition) is 4. The van der Waals surface area contributed by atoms with Gasteiger partial charge in [0.15, 0.2) is 0 Å². The Morgan fingerprint density at radius 1 is 1.14 bits per heavy atom. The van der Waals surface area contributed by atoms with E-state index in [0.29, 0.717) is 5.56 Å². The van der Waals surface area contributed by atoms with E-state index >= 15 is 0 Å². The van der Waals surface area contributed by atoms with Crippen LogP contribution in [0.15, 0.2) is 54.7 Å². The van der Waals surface area contributed by atoms with Crippen LogP contribution in [0.25, 0.3) is 10.9 Å². The highest BCUT2D eigenvalue weighted by Gasteiger charge is 2.10. The third-order valence-corrected chi connectivity index (χ3v) is 3.24. The molecule has 0 radical (unpaired) electrons. The van der Waals surface area contributed by atoms with E-state index < -0.39 is 0 Å². The van der Waals surface area contributed by atoms with Crippen LogP contribution in [-0.2, 0) is 0 Å². The minimum atomic E-state index is 0. The molecule has 1 N–H and O–H groups in total. The minimum Gasteiger partial charge on any atom is -0.497 e. The predicted octanol–water partition coefficient (Wildman–Crippen LogP) is 4.28. The molecular formula is C17H14ClN3O. The predicted molar refractivity (Wildman–Crippen MR) is 90.0 cm³/mol. The summed E-state index contributed by atoms with van der Waals surface area (Å²) in [7, 11) is 1.62. The standard InChI is InChI=1S/C17H13N3O.ClH/c1-21-14-7-8-15-16(9-14)19-11-12(10-18)17(15)20-13-5-3-2-4-6-13;/h2-9,11H,1H3,(H,19,20);1H. The Bertz CT molecular complexity index is 828. The first-order chi connectivity index (χ1) is 10.3. The highest BCUT2D eigenvalue weighted by atomic mass is 35.5. The molecule has 0 atom stereocenters. The number of nitrogens with zero attached hydrogens (tertiary/aromatic N) is 2. The maximum absolute atomic E-state index is 9.30. The van der Waals surface area contributed by atoms with Gasteiger partial charge in [0.1, 0.15) is 11.8 Å². The number of benzene rings is 2. The van der Waals surface area contributed by atoms with Crippen molar-refractivity contribution >= 4 is 34.7 Å². The average Bonchev–Trinajstić information content (AvgIpc) is 2.55. The third kappa shape index (κ3) is 2.95. The molecule has 0 amide bonds. The highest BCUT2D eigenvalue weighted by Crippen LogP contribution is 2.30. The van der Waals surface area contributed by atoms with Crippen LogP contribution in [0.5, 0.6) is 5.75 Å². The van der Waals surface area contributed by atoms with Gasteiger partial charge in [-0.2, -0.15) is 5.26 Å². The lowest BCUT2D eigenvalue weighted by Gasteiger charge is -2.12. The molecule has 5 heteroatoms. The van der Waals surface area contributed by atoms with Gasteiger partial charge in [0, 0.05) is 23.3 Å². The van der Waals surface area contributed by atoms with Gasteiger partial charge in [0.2, 0.25) is 0 Å². The van der Waals surface area contributed by atoms with E-state index in [9.17, 15) is 5.26 Å². The molecule has 0 aliphatic rings. The molecule has 0 saturated carbocycles. The molecule has 1 aromatic heterocycles. The fourth-order valence-electron chi connectivity index (χ4n) is 2.19. The third-order valence-electron chi connectivity index (χ3n) is 3.24. The fourth-order valence-corrected chi connectivity index (χ4v) is 2.19. The van der Waals surface area contributed by atoms with E-state index in [4.69, 9.17) is 4.74 Å². The molecule has 0 aliphatic carbocycles. The molecule has 1 heterocycles. The second-order valence-electron chi connectivity index (χ2n) is 4.53. The molecule has 0 spiro atoms. The molecule has 4 nitrogen and oxygen atoms in total. The van der Waals surface area contributed by atoms with E-state index in [1.54, 1.807) is 13.3 Å². The van der Waals surface area contributed by atoms with Crippen molar-refractivity contribution in [2.75, 3.05) is 12.4 Å². The first kappa shape index (κ1) is 15.6. The molecule has 0 saturated heterocycles. The molecule has 22 heavy (non-hydrogen) atoms. The molecule has 2 aromatic carbocycles.